The van der Waals surface area contributed by atoms with Crippen molar-refractivity contribution in [3.63, 3.8) is 0 Å². The van der Waals surface area contributed by atoms with Crippen molar-refractivity contribution in [2.75, 3.05) is 13.1 Å². The van der Waals surface area contributed by atoms with Gasteiger partial charge in [0.2, 0.25) is 17.7 Å². The van der Waals surface area contributed by atoms with Crippen LogP contribution in [0, 0.1) is 34.0 Å². The summed E-state index contributed by atoms with van der Waals surface area (Å²) in [5.74, 6) is -2.53. The quantitative estimate of drug-likeness (QED) is 0.241. The van der Waals surface area contributed by atoms with E-state index in [9.17, 15) is 24.0 Å². The van der Waals surface area contributed by atoms with E-state index >= 15 is 0 Å². The first-order chi connectivity index (χ1) is 17.8. The molecule has 2 heterocycles. The van der Waals surface area contributed by atoms with Crippen LogP contribution in [0.4, 0.5) is 4.79 Å². The second kappa shape index (κ2) is 10.4. The number of primary amides is 1. The number of hydrogen-bond donors (Lipinski definition) is 6. The van der Waals surface area contributed by atoms with E-state index < -0.39 is 58.6 Å². The Balaban J connectivity index is 1.86. The molecule has 0 bridgehead atoms. The maximum absolute atomic E-state index is 14.0. The van der Waals surface area contributed by atoms with Crippen LogP contribution in [0.25, 0.3) is 0 Å². The van der Waals surface area contributed by atoms with Crippen LogP contribution in [0.2, 0.25) is 0 Å². The summed E-state index contributed by atoms with van der Waals surface area (Å²) in [6, 6.07) is -3.30. The molecule has 1 saturated carbocycles. The van der Waals surface area contributed by atoms with Gasteiger partial charge in [-0.3, -0.25) is 24.6 Å². The van der Waals surface area contributed by atoms with Crippen LogP contribution in [0.1, 0.15) is 68.2 Å². The van der Waals surface area contributed by atoms with Crippen LogP contribution in [0.5, 0.6) is 0 Å². The van der Waals surface area contributed by atoms with Crippen LogP contribution >= 0.6 is 0 Å². The Morgan fingerprint density at radius 2 is 1.74 bits per heavy atom. The summed E-state index contributed by atoms with van der Waals surface area (Å²) >= 11 is 0. The third-order valence-corrected chi connectivity index (χ3v) is 8.25. The Morgan fingerprint density at radius 1 is 1.13 bits per heavy atom. The maximum Gasteiger partial charge on any atom is 0.315 e. The van der Waals surface area contributed by atoms with Crippen LogP contribution in [-0.4, -0.2) is 77.0 Å². The van der Waals surface area contributed by atoms with E-state index in [1.54, 1.807) is 0 Å². The predicted octanol–water partition coefficient (Wildman–Crippen LogP) is 0.498. The van der Waals surface area contributed by atoms with Gasteiger partial charge in [-0.05, 0) is 56.3 Å². The molecule has 6 amide bonds. The Morgan fingerprint density at radius 3 is 2.23 bits per heavy atom. The number of carbonyl (C=O) groups excluding carboxylic acids is 5. The monoisotopic (exact) mass is 547 g/mol. The molecule has 2 unspecified atom stereocenters. The number of piperidine rings is 1. The Labute approximate surface area is 230 Å². The average Bonchev–Trinajstić information content (AvgIpc) is 3.14. The first kappa shape index (κ1) is 30.4. The van der Waals surface area contributed by atoms with E-state index in [-0.39, 0.29) is 35.5 Å². The number of likely N-dealkylation sites (tertiary alicyclic amines) is 1. The van der Waals surface area contributed by atoms with Crippen molar-refractivity contribution in [3.8, 4) is 0 Å². The normalized spacial score (nSPS) is 27.1. The lowest BCUT2D eigenvalue weighted by atomic mass is 9.85. The first-order valence-corrected chi connectivity index (χ1v) is 13.6. The number of nitrogens with one attached hydrogen (secondary N) is 5. The third-order valence-electron chi connectivity index (χ3n) is 8.25. The van der Waals surface area contributed by atoms with Crippen molar-refractivity contribution in [1.29, 1.82) is 5.41 Å². The molecule has 12 heteroatoms. The summed E-state index contributed by atoms with van der Waals surface area (Å²) in [6.45, 7) is 16.0. The van der Waals surface area contributed by atoms with Gasteiger partial charge in [-0.25, -0.2) is 4.79 Å². The first-order valence-electron chi connectivity index (χ1n) is 13.6. The molecule has 0 spiro atoms. The highest BCUT2D eigenvalue weighted by atomic mass is 16.2. The van der Waals surface area contributed by atoms with Crippen molar-refractivity contribution >= 4 is 35.4 Å². The lowest BCUT2D eigenvalue weighted by molar-refractivity contribution is -0.143. The molecule has 39 heavy (non-hydrogen) atoms. The molecule has 0 aromatic rings. The van der Waals surface area contributed by atoms with E-state index in [2.05, 4.69) is 21.3 Å². The average molecular weight is 548 g/mol. The van der Waals surface area contributed by atoms with Crippen molar-refractivity contribution in [3.05, 3.63) is 0 Å². The van der Waals surface area contributed by atoms with Gasteiger partial charge in [0.25, 0.3) is 5.91 Å². The molecule has 218 valence electrons. The van der Waals surface area contributed by atoms with Crippen LogP contribution in [0.3, 0.4) is 0 Å². The Bertz CT molecular complexity index is 1060. The number of nitrogens with two attached hydrogens (primary N) is 1. The molecule has 3 rings (SSSR count). The maximum atomic E-state index is 14.0. The van der Waals surface area contributed by atoms with Gasteiger partial charge in [-0.1, -0.05) is 34.6 Å². The molecule has 3 fully saturated rings. The lowest BCUT2D eigenvalue weighted by Crippen LogP contribution is -2.62. The lowest BCUT2D eigenvalue weighted by Gasteiger charge is -2.38. The van der Waals surface area contributed by atoms with E-state index in [1.165, 1.54) is 4.90 Å². The molecule has 2 aliphatic heterocycles. The molecule has 2 saturated heterocycles. The van der Waals surface area contributed by atoms with E-state index in [4.69, 9.17) is 11.1 Å². The second-order valence-electron chi connectivity index (χ2n) is 13.9. The molecule has 3 aliphatic rings. The van der Waals surface area contributed by atoms with Gasteiger partial charge in [0.1, 0.15) is 17.8 Å². The summed E-state index contributed by atoms with van der Waals surface area (Å²) in [7, 11) is 0. The van der Waals surface area contributed by atoms with Crippen molar-refractivity contribution in [2.45, 2.75) is 91.9 Å². The molecule has 0 aromatic carbocycles. The van der Waals surface area contributed by atoms with E-state index in [1.807, 2.05) is 55.4 Å². The van der Waals surface area contributed by atoms with Crippen LogP contribution < -0.4 is 27.0 Å². The fraction of sp³-hybridized carbons (Fsp3) is 0.778. The van der Waals surface area contributed by atoms with Gasteiger partial charge in [0, 0.05) is 24.5 Å². The summed E-state index contributed by atoms with van der Waals surface area (Å²) in [5, 5.41) is 19.3. The summed E-state index contributed by atoms with van der Waals surface area (Å²) in [6.07, 6.45) is 0.592. The summed E-state index contributed by atoms with van der Waals surface area (Å²) < 4.78 is 0. The van der Waals surface area contributed by atoms with Gasteiger partial charge in [-0.2, -0.15) is 0 Å². The SMILES string of the molecule is CC(C)(C)NC(=O)NC(C(=O)N1C[C@H]2C([C@H]1C(=O)N[C@@H](C[C@@H]1CCNC1=O)C(=N)C(N)=O)C2(C)C)C(C)(C)C. The van der Waals surface area contributed by atoms with Gasteiger partial charge in [0.15, 0.2) is 0 Å². The van der Waals surface area contributed by atoms with Gasteiger partial charge < -0.3 is 31.9 Å². The summed E-state index contributed by atoms with van der Waals surface area (Å²) in [5.41, 5.74) is 3.56. The van der Waals surface area contributed by atoms with Crippen molar-refractivity contribution < 1.29 is 24.0 Å². The van der Waals surface area contributed by atoms with E-state index in [0.717, 1.165) is 0 Å². The second-order valence-corrected chi connectivity index (χ2v) is 13.9. The fourth-order valence-electron chi connectivity index (χ4n) is 5.97. The minimum Gasteiger partial charge on any atom is -0.364 e. The highest BCUT2D eigenvalue weighted by Gasteiger charge is 2.69. The third kappa shape index (κ3) is 6.52. The Hall–Kier alpha value is -3.18. The molecule has 6 atom stereocenters. The molecule has 1 aliphatic carbocycles. The van der Waals surface area contributed by atoms with Crippen molar-refractivity contribution in [1.82, 2.24) is 26.2 Å². The fourth-order valence-corrected chi connectivity index (χ4v) is 5.97. The van der Waals surface area contributed by atoms with Gasteiger partial charge >= 0.3 is 6.03 Å². The highest BCUT2D eigenvalue weighted by molar-refractivity contribution is 6.39. The van der Waals surface area contributed by atoms with E-state index in [0.29, 0.717) is 19.5 Å². The molecule has 0 radical (unpaired) electrons. The number of urea groups is 1. The van der Waals surface area contributed by atoms with Gasteiger partial charge in [-0.15, -0.1) is 0 Å². The zero-order valence-electron chi connectivity index (χ0n) is 24.4. The number of hydrogen-bond acceptors (Lipinski definition) is 6. The summed E-state index contributed by atoms with van der Waals surface area (Å²) in [4.78, 5) is 66.1. The molecule has 12 nitrogen and oxygen atoms in total. The van der Waals surface area contributed by atoms with Crippen LogP contribution in [-0.2, 0) is 19.2 Å². The largest absolute Gasteiger partial charge is 0.364 e. The smallest absolute Gasteiger partial charge is 0.315 e. The number of fused-ring (bicyclic) bond motifs is 1. The predicted molar refractivity (Wildman–Crippen MR) is 146 cm³/mol. The highest BCUT2D eigenvalue weighted by Crippen LogP contribution is 2.65. The van der Waals surface area contributed by atoms with Gasteiger partial charge in [0.05, 0.1) is 6.04 Å². The zero-order valence-corrected chi connectivity index (χ0v) is 24.4. The molecular formula is C27H45N7O5. The minimum atomic E-state index is -1.06. The topological polar surface area (TPSA) is 187 Å². The molecule has 7 N–H and O–H groups in total. The number of amides is 6. The van der Waals surface area contributed by atoms with Crippen molar-refractivity contribution in [2.24, 2.45) is 34.3 Å². The molecular weight excluding hydrogens is 502 g/mol. The number of carbonyl (C=O) groups is 5. The molecule has 0 aromatic heterocycles. The minimum absolute atomic E-state index is 0.0661. The van der Waals surface area contributed by atoms with Crippen LogP contribution in [0.15, 0.2) is 0 Å². The number of nitrogens with zero attached hydrogens (tertiary/aromatic N) is 1. The Kier molecular flexibility index (Phi) is 8.11. The zero-order chi connectivity index (χ0) is 29.7. The standard InChI is InChI=1S/C27H45N7O5/c1-25(2,3)19(32-24(39)33-26(4,5)6)23(38)34-12-14-16(27(14,7)8)18(34)22(37)31-15(17(28)20(29)35)11-13-9-10-30-21(13)36/h13-16,18-19,28H,9-12H2,1-8H3,(H2,29,35)(H,30,36)(H,31,37)(H2,32,33,39)/t13-,14-,15-,16?,18-,19?/m0/s1. The number of rotatable bonds is 8.